The van der Waals surface area contributed by atoms with Gasteiger partial charge in [0, 0.05) is 36.9 Å². The highest BCUT2D eigenvalue weighted by molar-refractivity contribution is 6.00. The lowest BCUT2D eigenvalue weighted by Crippen LogP contribution is -2.53. The first-order valence-electron chi connectivity index (χ1n) is 17.5. The van der Waals surface area contributed by atoms with Gasteiger partial charge in [0.05, 0.1) is 18.2 Å². The molecule has 3 N–H and O–H groups in total. The number of nitrogens with zero attached hydrogens (tertiary/aromatic N) is 6. The molecule has 6 heterocycles. The van der Waals surface area contributed by atoms with Crippen LogP contribution in [-0.2, 0) is 13.0 Å². The predicted molar refractivity (Wildman–Crippen MR) is 184 cm³/mol. The number of aliphatic imine (C=N–C) groups is 1. The summed E-state index contributed by atoms with van der Waals surface area (Å²) >= 11 is 0. The maximum Gasteiger partial charge on any atom is 0.278 e. The molecular weight excluding hydrogens is 592 g/mol. The Labute approximate surface area is 275 Å². The van der Waals surface area contributed by atoms with Gasteiger partial charge in [-0.1, -0.05) is 19.1 Å². The number of benzene rings is 1. The van der Waals surface area contributed by atoms with E-state index >= 15 is 0 Å². The van der Waals surface area contributed by atoms with Gasteiger partial charge in [0.2, 0.25) is 5.95 Å². The van der Waals surface area contributed by atoms with E-state index in [0.29, 0.717) is 48.2 Å². The van der Waals surface area contributed by atoms with Crippen molar-refractivity contribution < 1.29 is 9.84 Å². The van der Waals surface area contributed by atoms with Crippen LogP contribution >= 0.6 is 0 Å². The molecule has 47 heavy (non-hydrogen) atoms. The van der Waals surface area contributed by atoms with Crippen molar-refractivity contribution in [3.8, 4) is 5.75 Å². The summed E-state index contributed by atoms with van der Waals surface area (Å²) in [6.45, 7) is 10.6. The van der Waals surface area contributed by atoms with E-state index in [2.05, 4.69) is 45.3 Å². The second kappa shape index (κ2) is 12.0. The molecule has 1 aliphatic carbocycles. The lowest BCUT2D eigenvalue weighted by atomic mass is 9.82. The van der Waals surface area contributed by atoms with Crippen molar-refractivity contribution in [2.45, 2.75) is 94.5 Å². The van der Waals surface area contributed by atoms with E-state index < -0.39 is 5.60 Å². The van der Waals surface area contributed by atoms with E-state index in [1.165, 1.54) is 18.4 Å². The van der Waals surface area contributed by atoms with Crippen LogP contribution < -0.4 is 20.9 Å². The van der Waals surface area contributed by atoms with Crippen LogP contribution in [-0.4, -0.2) is 84.6 Å². The van der Waals surface area contributed by atoms with E-state index in [9.17, 15) is 9.90 Å². The molecule has 2 aromatic heterocycles. The lowest BCUT2D eigenvalue weighted by molar-refractivity contribution is -0.0276. The third kappa shape index (κ3) is 5.42. The van der Waals surface area contributed by atoms with Gasteiger partial charge in [-0.05, 0) is 101 Å². The van der Waals surface area contributed by atoms with Gasteiger partial charge in [-0.2, -0.15) is 4.98 Å². The van der Waals surface area contributed by atoms with Crippen molar-refractivity contribution >= 4 is 28.5 Å². The largest absolute Gasteiger partial charge is 0.487 e. The fourth-order valence-electron chi connectivity index (χ4n) is 8.60. The molecule has 5 aliphatic rings. The summed E-state index contributed by atoms with van der Waals surface area (Å²) in [5.74, 6) is 2.14. The number of piperidine rings is 2. The number of rotatable bonds is 6. The third-order valence-corrected chi connectivity index (χ3v) is 11.5. The first-order valence-corrected chi connectivity index (χ1v) is 17.5. The maximum absolute atomic E-state index is 13.5. The minimum atomic E-state index is -0.852. The van der Waals surface area contributed by atoms with Gasteiger partial charge in [0.25, 0.3) is 5.56 Å². The number of anilines is 2. The number of hydrogen-bond acceptors (Lipinski definition) is 9. The number of aliphatic hydroxyl groups is 1. The number of aryl methyl sites for hydroxylation is 1. The Bertz CT molecular complexity index is 1800. The van der Waals surface area contributed by atoms with Crippen molar-refractivity contribution in [2.75, 3.05) is 31.5 Å². The quantitative estimate of drug-likeness (QED) is 0.344. The first-order chi connectivity index (χ1) is 22.9. The highest BCUT2D eigenvalue weighted by Gasteiger charge is 2.47. The molecule has 1 spiro atoms. The van der Waals surface area contributed by atoms with Gasteiger partial charge in [0.1, 0.15) is 22.6 Å². The van der Waals surface area contributed by atoms with Crippen molar-refractivity contribution in [1.82, 2.24) is 29.5 Å². The van der Waals surface area contributed by atoms with Gasteiger partial charge in [-0.25, -0.2) is 14.3 Å². The topological polar surface area (TPSA) is 122 Å². The van der Waals surface area contributed by atoms with E-state index in [1.54, 1.807) is 21.6 Å². The summed E-state index contributed by atoms with van der Waals surface area (Å²) in [5, 5.41) is 18.6. The minimum absolute atomic E-state index is 0.0661. The molecule has 11 nitrogen and oxygen atoms in total. The van der Waals surface area contributed by atoms with Crippen molar-refractivity contribution in [3.63, 3.8) is 0 Å². The Morgan fingerprint density at radius 3 is 2.79 bits per heavy atom. The van der Waals surface area contributed by atoms with E-state index in [4.69, 9.17) is 14.7 Å². The molecule has 2 saturated heterocycles. The number of fused-ring (bicyclic) bond motifs is 3. The summed E-state index contributed by atoms with van der Waals surface area (Å²) in [5.41, 5.74) is 1.40. The van der Waals surface area contributed by atoms with Crippen molar-refractivity contribution in [1.29, 1.82) is 0 Å². The summed E-state index contributed by atoms with van der Waals surface area (Å²) in [4.78, 5) is 30.6. The molecule has 3 aromatic rings. The van der Waals surface area contributed by atoms with Crippen LogP contribution in [0, 0.1) is 5.92 Å². The number of nitrogens with one attached hydrogen (secondary N) is 2. The Hall–Kier alpha value is -3.80. The molecule has 1 aromatic carbocycles. The van der Waals surface area contributed by atoms with Crippen LogP contribution in [0.4, 0.5) is 11.6 Å². The van der Waals surface area contributed by atoms with Crippen molar-refractivity contribution in [2.24, 2.45) is 10.9 Å². The number of ether oxygens (including phenoxy) is 1. The molecule has 2 unspecified atom stereocenters. The number of likely N-dealkylation sites (tertiary alicyclic amines) is 1. The van der Waals surface area contributed by atoms with Crippen LogP contribution in [0.15, 0.2) is 59.0 Å². The molecule has 3 fully saturated rings. The maximum atomic E-state index is 13.5. The molecule has 0 bridgehead atoms. The molecule has 0 radical (unpaired) electrons. The van der Waals surface area contributed by atoms with E-state index in [1.807, 2.05) is 19.1 Å². The number of hydrogen-bond donors (Lipinski definition) is 3. The molecular formula is C36H46N8O3. The first kappa shape index (κ1) is 30.5. The Morgan fingerprint density at radius 1 is 1.17 bits per heavy atom. The van der Waals surface area contributed by atoms with Gasteiger partial charge in [-0.15, -0.1) is 6.58 Å². The standard InChI is InChI=1S/C36H46N8O3/c1-3-19-43-33(45)28-23-38-34(41-32(28)44(43)30-8-5-24-10-14-36(46,4-2)31(24)40-30)39-26-6-7-29-25(22-26)9-13-35(47-29)15-20-42(21-16-35)27-11-17-37-18-12-27/h3,5-8,22-24,27,31,37,46H,1,4,9-21H2,2H3,(H,38,39,41)/t24?,31?,36-/m1/s1. The Kier molecular flexibility index (Phi) is 7.81. The minimum Gasteiger partial charge on any atom is -0.487 e. The number of dihydropyridines is 1. The van der Waals surface area contributed by atoms with Gasteiger partial charge in [0.15, 0.2) is 5.65 Å². The number of aromatic nitrogens is 4. The molecule has 3 atom stereocenters. The fraction of sp³-hybridized carbons (Fsp3) is 0.556. The van der Waals surface area contributed by atoms with Gasteiger partial charge >= 0.3 is 0 Å². The van der Waals surface area contributed by atoms with Crippen LogP contribution in [0.2, 0.25) is 0 Å². The summed E-state index contributed by atoms with van der Waals surface area (Å²) in [7, 11) is 0. The second-order valence-corrected chi connectivity index (χ2v) is 14.1. The lowest BCUT2D eigenvalue weighted by Gasteiger charge is -2.47. The normalized spacial score (nSPS) is 27.3. The van der Waals surface area contributed by atoms with Crippen LogP contribution in [0.1, 0.15) is 63.9 Å². The summed E-state index contributed by atoms with van der Waals surface area (Å²) in [6.07, 6.45) is 16.2. The van der Waals surface area contributed by atoms with Crippen LogP contribution in [0.25, 0.3) is 11.0 Å². The van der Waals surface area contributed by atoms with Gasteiger partial charge in [-0.3, -0.25) is 14.7 Å². The highest BCUT2D eigenvalue weighted by Crippen LogP contribution is 2.43. The monoisotopic (exact) mass is 638 g/mol. The Balaban J connectivity index is 1.03. The van der Waals surface area contributed by atoms with Crippen LogP contribution in [0.5, 0.6) is 5.75 Å². The molecule has 11 heteroatoms. The summed E-state index contributed by atoms with van der Waals surface area (Å²) in [6, 6.07) is 6.68. The third-order valence-electron chi connectivity index (χ3n) is 11.5. The molecule has 4 aliphatic heterocycles. The molecule has 248 valence electrons. The zero-order chi connectivity index (χ0) is 32.2. The van der Waals surface area contributed by atoms with E-state index in [0.717, 1.165) is 69.7 Å². The van der Waals surface area contributed by atoms with Crippen molar-refractivity contribution in [3.05, 3.63) is 65.1 Å². The predicted octanol–water partition coefficient (Wildman–Crippen LogP) is 4.17. The zero-order valence-electron chi connectivity index (χ0n) is 27.3. The zero-order valence-corrected chi connectivity index (χ0v) is 27.3. The fourth-order valence-corrected chi connectivity index (χ4v) is 8.60. The smallest absolute Gasteiger partial charge is 0.278 e. The van der Waals surface area contributed by atoms with Crippen LogP contribution in [0.3, 0.4) is 0 Å². The molecule has 0 amide bonds. The number of allylic oxidation sites excluding steroid dienone is 2. The van der Waals surface area contributed by atoms with Gasteiger partial charge < -0.3 is 20.5 Å². The average Bonchev–Trinajstić information content (AvgIpc) is 3.58. The SMILES string of the molecule is C=CCn1c(=O)c2cnc(Nc3ccc4c(c3)CCC3(CCN(C5CCNCC5)CC3)O4)nc2n1C1=NC2C(C=C1)CC[C@]2(O)CC. The highest BCUT2D eigenvalue weighted by atomic mass is 16.5. The van der Waals surface area contributed by atoms with E-state index in [-0.39, 0.29) is 23.1 Å². The Morgan fingerprint density at radius 2 is 2.00 bits per heavy atom. The average molecular weight is 639 g/mol. The molecule has 1 saturated carbocycles. The second-order valence-electron chi connectivity index (χ2n) is 14.1. The summed E-state index contributed by atoms with van der Waals surface area (Å²) < 4.78 is 10.1. The molecule has 8 rings (SSSR count).